The van der Waals surface area contributed by atoms with Gasteiger partial charge in [-0.05, 0) is 45.0 Å². The number of carbonyl (C=O) groups is 1. The van der Waals surface area contributed by atoms with Gasteiger partial charge in [0.25, 0.3) is 0 Å². The number of fused-ring (bicyclic) bond motifs is 1. The zero-order valence-corrected chi connectivity index (χ0v) is 10.7. The van der Waals surface area contributed by atoms with E-state index in [2.05, 4.69) is 0 Å². The van der Waals surface area contributed by atoms with E-state index in [0.717, 1.165) is 11.0 Å². The van der Waals surface area contributed by atoms with Crippen LogP contribution >= 0.6 is 0 Å². The monoisotopic (exact) mass is 248 g/mol. The summed E-state index contributed by atoms with van der Waals surface area (Å²) in [6, 6.07) is 7.23. The van der Waals surface area contributed by atoms with Crippen molar-refractivity contribution in [3.8, 4) is 5.75 Å². The number of rotatable bonds is 3. The van der Waals surface area contributed by atoms with E-state index >= 15 is 0 Å². The van der Waals surface area contributed by atoms with Crippen molar-refractivity contribution in [1.82, 2.24) is 0 Å². The molecule has 4 heteroatoms. The van der Waals surface area contributed by atoms with Crippen LogP contribution in [0.2, 0.25) is 0 Å². The second-order valence-corrected chi connectivity index (χ2v) is 5.00. The molecule has 0 radical (unpaired) electrons. The van der Waals surface area contributed by atoms with Crippen LogP contribution in [-0.4, -0.2) is 18.2 Å². The minimum Gasteiger partial charge on any atom is -0.482 e. The first-order valence-corrected chi connectivity index (χ1v) is 5.76. The Kier molecular flexibility index (Phi) is 3.28. The molecule has 2 rings (SSSR count). The SMILES string of the molecule is CC(C)(C)OC(=O)COc1ccc2occc2c1. The lowest BCUT2D eigenvalue weighted by Crippen LogP contribution is -2.27. The lowest BCUT2D eigenvalue weighted by atomic mass is 10.2. The zero-order chi connectivity index (χ0) is 13.2. The van der Waals surface area contributed by atoms with Gasteiger partial charge in [0, 0.05) is 5.39 Å². The first-order valence-electron chi connectivity index (χ1n) is 5.76. The maximum atomic E-state index is 11.5. The van der Waals surface area contributed by atoms with Crippen molar-refractivity contribution in [2.24, 2.45) is 0 Å². The molecule has 1 aromatic heterocycles. The summed E-state index contributed by atoms with van der Waals surface area (Å²) in [5.74, 6) is 0.240. The number of furan rings is 1. The molecule has 0 aliphatic carbocycles. The van der Waals surface area contributed by atoms with Crippen LogP contribution in [0.4, 0.5) is 0 Å². The third-order valence-corrected chi connectivity index (χ3v) is 2.20. The highest BCUT2D eigenvalue weighted by Gasteiger charge is 2.16. The van der Waals surface area contributed by atoms with Crippen LogP contribution in [0.15, 0.2) is 34.9 Å². The van der Waals surface area contributed by atoms with Gasteiger partial charge < -0.3 is 13.9 Å². The smallest absolute Gasteiger partial charge is 0.344 e. The molecule has 0 bridgehead atoms. The van der Waals surface area contributed by atoms with Crippen molar-refractivity contribution < 1.29 is 18.7 Å². The van der Waals surface area contributed by atoms with E-state index in [9.17, 15) is 4.79 Å². The van der Waals surface area contributed by atoms with E-state index in [-0.39, 0.29) is 12.6 Å². The molecule has 0 saturated carbocycles. The number of hydrogen-bond acceptors (Lipinski definition) is 4. The standard InChI is InChI=1S/C14H16O4/c1-14(2,3)18-13(15)9-17-11-4-5-12-10(8-11)6-7-16-12/h4-8H,9H2,1-3H3. The van der Waals surface area contributed by atoms with Crippen molar-refractivity contribution in [2.75, 3.05) is 6.61 Å². The van der Waals surface area contributed by atoms with Gasteiger partial charge in [-0.2, -0.15) is 0 Å². The van der Waals surface area contributed by atoms with Gasteiger partial charge in [0.1, 0.15) is 16.9 Å². The first-order chi connectivity index (χ1) is 8.44. The molecule has 0 amide bonds. The fourth-order valence-corrected chi connectivity index (χ4v) is 1.55. The molecule has 0 atom stereocenters. The van der Waals surface area contributed by atoms with Crippen LogP contribution in [0, 0.1) is 0 Å². The molecule has 96 valence electrons. The Morgan fingerprint density at radius 3 is 2.78 bits per heavy atom. The van der Waals surface area contributed by atoms with Gasteiger partial charge >= 0.3 is 5.97 Å². The number of hydrogen-bond donors (Lipinski definition) is 0. The normalized spacial score (nSPS) is 11.5. The van der Waals surface area contributed by atoms with Crippen LogP contribution in [0.25, 0.3) is 11.0 Å². The quantitative estimate of drug-likeness (QED) is 0.783. The van der Waals surface area contributed by atoms with Crippen LogP contribution in [-0.2, 0) is 9.53 Å². The lowest BCUT2D eigenvalue weighted by molar-refractivity contribution is -0.157. The van der Waals surface area contributed by atoms with Gasteiger partial charge in [0.05, 0.1) is 6.26 Å². The molecule has 0 unspecified atom stereocenters. The first kappa shape index (κ1) is 12.5. The van der Waals surface area contributed by atoms with Gasteiger partial charge in [-0.25, -0.2) is 4.79 Å². The summed E-state index contributed by atoms with van der Waals surface area (Å²) < 4.78 is 15.7. The number of benzene rings is 1. The topological polar surface area (TPSA) is 48.7 Å². The Morgan fingerprint density at radius 1 is 1.28 bits per heavy atom. The fourth-order valence-electron chi connectivity index (χ4n) is 1.55. The highest BCUT2D eigenvalue weighted by Crippen LogP contribution is 2.21. The molecule has 0 aliphatic rings. The minimum absolute atomic E-state index is 0.0966. The van der Waals surface area contributed by atoms with Crippen molar-refractivity contribution >= 4 is 16.9 Å². The van der Waals surface area contributed by atoms with Crippen LogP contribution in [0.3, 0.4) is 0 Å². The second kappa shape index (κ2) is 4.72. The maximum absolute atomic E-state index is 11.5. The molecular weight excluding hydrogens is 232 g/mol. The summed E-state index contributed by atoms with van der Waals surface area (Å²) in [4.78, 5) is 11.5. The molecule has 0 fully saturated rings. The largest absolute Gasteiger partial charge is 0.482 e. The molecule has 4 nitrogen and oxygen atoms in total. The molecular formula is C14H16O4. The van der Waals surface area contributed by atoms with Crippen LogP contribution in [0.1, 0.15) is 20.8 Å². The molecule has 1 heterocycles. The van der Waals surface area contributed by atoms with E-state index in [0.29, 0.717) is 5.75 Å². The van der Waals surface area contributed by atoms with Crippen LogP contribution in [0.5, 0.6) is 5.75 Å². The number of ether oxygens (including phenoxy) is 2. The lowest BCUT2D eigenvalue weighted by Gasteiger charge is -2.19. The van der Waals surface area contributed by atoms with Gasteiger partial charge in [0.15, 0.2) is 6.61 Å². The van der Waals surface area contributed by atoms with E-state index in [1.54, 1.807) is 18.4 Å². The van der Waals surface area contributed by atoms with Gasteiger partial charge in [-0.15, -0.1) is 0 Å². The summed E-state index contributed by atoms with van der Waals surface area (Å²) in [6.45, 7) is 5.37. The molecule has 0 saturated heterocycles. The van der Waals surface area contributed by atoms with Gasteiger partial charge in [-0.3, -0.25) is 0 Å². The highest BCUT2D eigenvalue weighted by atomic mass is 16.6. The maximum Gasteiger partial charge on any atom is 0.344 e. The molecule has 1 aromatic carbocycles. The average molecular weight is 248 g/mol. The summed E-state index contributed by atoms with van der Waals surface area (Å²) in [7, 11) is 0. The molecule has 0 aliphatic heterocycles. The minimum atomic E-state index is -0.491. The predicted octanol–water partition coefficient (Wildman–Crippen LogP) is 3.15. The summed E-state index contributed by atoms with van der Waals surface area (Å²) in [6.07, 6.45) is 1.61. The Hall–Kier alpha value is -1.97. The van der Waals surface area contributed by atoms with Crippen molar-refractivity contribution in [1.29, 1.82) is 0 Å². The summed E-state index contributed by atoms with van der Waals surface area (Å²) in [5, 5.41) is 0.941. The van der Waals surface area contributed by atoms with Crippen molar-refractivity contribution in [2.45, 2.75) is 26.4 Å². The van der Waals surface area contributed by atoms with Crippen molar-refractivity contribution in [3.05, 3.63) is 30.5 Å². The number of esters is 1. The Bertz CT molecular complexity index is 548. The molecule has 0 N–H and O–H groups in total. The number of carbonyl (C=O) groups excluding carboxylic acids is 1. The zero-order valence-electron chi connectivity index (χ0n) is 10.7. The fraction of sp³-hybridized carbons (Fsp3) is 0.357. The average Bonchev–Trinajstić information content (AvgIpc) is 2.71. The van der Waals surface area contributed by atoms with E-state index < -0.39 is 5.60 Å². The third kappa shape index (κ3) is 3.26. The Balaban J connectivity index is 1.95. The molecule has 0 spiro atoms. The van der Waals surface area contributed by atoms with E-state index in [1.807, 2.05) is 32.9 Å². The second-order valence-electron chi connectivity index (χ2n) is 5.00. The van der Waals surface area contributed by atoms with E-state index in [1.165, 1.54) is 0 Å². The predicted molar refractivity (Wildman–Crippen MR) is 67.6 cm³/mol. The summed E-state index contributed by atoms with van der Waals surface area (Å²) >= 11 is 0. The summed E-state index contributed by atoms with van der Waals surface area (Å²) in [5.41, 5.74) is 0.300. The molecule has 18 heavy (non-hydrogen) atoms. The van der Waals surface area contributed by atoms with Gasteiger partial charge in [0.2, 0.25) is 0 Å². The highest BCUT2D eigenvalue weighted by molar-refractivity contribution is 5.78. The Labute approximate surface area is 105 Å². The van der Waals surface area contributed by atoms with Crippen molar-refractivity contribution in [3.63, 3.8) is 0 Å². The Morgan fingerprint density at radius 2 is 2.06 bits per heavy atom. The van der Waals surface area contributed by atoms with E-state index in [4.69, 9.17) is 13.9 Å². The van der Waals surface area contributed by atoms with Crippen LogP contribution < -0.4 is 4.74 Å². The third-order valence-electron chi connectivity index (χ3n) is 2.20. The van der Waals surface area contributed by atoms with Gasteiger partial charge in [-0.1, -0.05) is 0 Å². The molecule has 2 aromatic rings.